The van der Waals surface area contributed by atoms with E-state index in [1.807, 2.05) is 47.4 Å². The Balaban J connectivity index is 1.56. The van der Waals surface area contributed by atoms with Gasteiger partial charge in [0, 0.05) is 49.9 Å². The summed E-state index contributed by atoms with van der Waals surface area (Å²) in [4.78, 5) is 16.8. The molecule has 1 heterocycles. The maximum atomic E-state index is 12.6. The maximum Gasteiger partial charge on any atom is 0.253 e. The fourth-order valence-electron chi connectivity index (χ4n) is 2.94. The molecule has 0 spiro atoms. The molecule has 0 aromatic heterocycles. The first-order valence-corrected chi connectivity index (χ1v) is 8.59. The molecule has 4 nitrogen and oxygen atoms in total. The van der Waals surface area contributed by atoms with Gasteiger partial charge in [0.15, 0.2) is 0 Å². The van der Waals surface area contributed by atoms with Gasteiger partial charge >= 0.3 is 0 Å². The van der Waals surface area contributed by atoms with Gasteiger partial charge in [0.05, 0.1) is 0 Å². The van der Waals surface area contributed by atoms with Gasteiger partial charge in [-0.05, 0) is 29.3 Å². The molecule has 0 radical (unpaired) electrons. The summed E-state index contributed by atoms with van der Waals surface area (Å²) in [6.45, 7) is 4.52. The molecule has 1 amide bonds. The number of carbonyl (C=O) groups excluding carboxylic acids is 1. The Labute approximate surface area is 147 Å². The lowest BCUT2D eigenvalue weighted by Crippen LogP contribution is -2.48. The van der Waals surface area contributed by atoms with Gasteiger partial charge in [0.1, 0.15) is 0 Å². The molecule has 1 aliphatic heterocycles. The van der Waals surface area contributed by atoms with E-state index in [2.05, 4.69) is 11.0 Å². The monoisotopic (exact) mass is 343 g/mol. The van der Waals surface area contributed by atoms with E-state index in [4.69, 9.17) is 17.3 Å². The number of benzene rings is 2. The third-order valence-electron chi connectivity index (χ3n) is 4.45. The van der Waals surface area contributed by atoms with Crippen molar-refractivity contribution in [3.05, 3.63) is 70.2 Å². The van der Waals surface area contributed by atoms with Gasteiger partial charge in [-0.15, -0.1) is 0 Å². The zero-order valence-electron chi connectivity index (χ0n) is 13.6. The number of amides is 1. The van der Waals surface area contributed by atoms with E-state index < -0.39 is 0 Å². The molecule has 5 heteroatoms. The minimum Gasteiger partial charge on any atom is -0.336 e. The van der Waals surface area contributed by atoms with Gasteiger partial charge < -0.3 is 10.6 Å². The van der Waals surface area contributed by atoms with Crippen molar-refractivity contribution in [2.24, 2.45) is 5.73 Å². The van der Waals surface area contributed by atoms with Gasteiger partial charge in [0.2, 0.25) is 0 Å². The Kier molecular flexibility index (Phi) is 5.51. The van der Waals surface area contributed by atoms with E-state index in [1.54, 1.807) is 0 Å². The van der Waals surface area contributed by atoms with Crippen molar-refractivity contribution in [2.45, 2.75) is 13.1 Å². The number of hydrogen-bond donors (Lipinski definition) is 1. The van der Waals surface area contributed by atoms with E-state index in [-0.39, 0.29) is 5.91 Å². The van der Waals surface area contributed by atoms with Crippen LogP contribution in [0, 0.1) is 0 Å². The highest BCUT2D eigenvalue weighted by atomic mass is 35.5. The number of hydrogen-bond acceptors (Lipinski definition) is 3. The Hall–Kier alpha value is -1.88. The van der Waals surface area contributed by atoms with E-state index in [0.29, 0.717) is 6.54 Å². The van der Waals surface area contributed by atoms with E-state index in [1.165, 1.54) is 0 Å². The molecule has 0 aliphatic carbocycles. The minimum absolute atomic E-state index is 0.0935. The van der Waals surface area contributed by atoms with Crippen LogP contribution in [0.25, 0.3) is 0 Å². The van der Waals surface area contributed by atoms with Crippen molar-refractivity contribution in [3.8, 4) is 0 Å². The van der Waals surface area contributed by atoms with Crippen molar-refractivity contribution < 1.29 is 4.79 Å². The average molecular weight is 344 g/mol. The van der Waals surface area contributed by atoms with Gasteiger partial charge in [-0.1, -0.05) is 41.9 Å². The summed E-state index contributed by atoms with van der Waals surface area (Å²) < 4.78 is 0. The van der Waals surface area contributed by atoms with Crippen molar-refractivity contribution in [1.82, 2.24) is 9.80 Å². The second kappa shape index (κ2) is 7.79. The first-order valence-electron chi connectivity index (χ1n) is 8.21. The standard InChI is InChI=1S/C19H22ClN3O/c20-18-4-2-1-3-17(18)14-22-9-11-23(12-10-22)19(24)16-7-5-15(13-21)6-8-16/h1-8H,9-14,21H2. The molecular weight excluding hydrogens is 322 g/mol. The van der Waals surface area contributed by atoms with Gasteiger partial charge in [-0.25, -0.2) is 0 Å². The van der Waals surface area contributed by atoms with Gasteiger partial charge in [0.25, 0.3) is 5.91 Å². The van der Waals surface area contributed by atoms with Crippen LogP contribution in [0.5, 0.6) is 0 Å². The number of halogens is 1. The van der Waals surface area contributed by atoms with Crippen LogP contribution in [0.2, 0.25) is 5.02 Å². The summed E-state index contributed by atoms with van der Waals surface area (Å²) in [5.41, 5.74) is 8.50. The summed E-state index contributed by atoms with van der Waals surface area (Å²) in [7, 11) is 0. The first kappa shape index (κ1) is 17.0. The highest BCUT2D eigenvalue weighted by molar-refractivity contribution is 6.31. The van der Waals surface area contributed by atoms with Crippen LogP contribution in [0.1, 0.15) is 21.5 Å². The highest BCUT2D eigenvalue weighted by Crippen LogP contribution is 2.18. The summed E-state index contributed by atoms with van der Waals surface area (Å²) in [6.07, 6.45) is 0. The quantitative estimate of drug-likeness (QED) is 0.928. The minimum atomic E-state index is 0.0935. The fraction of sp³-hybridized carbons (Fsp3) is 0.316. The van der Waals surface area contributed by atoms with Crippen molar-refractivity contribution in [1.29, 1.82) is 0 Å². The number of nitrogens with zero attached hydrogens (tertiary/aromatic N) is 2. The van der Waals surface area contributed by atoms with Crippen molar-refractivity contribution in [3.63, 3.8) is 0 Å². The molecular formula is C19H22ClN3O. The summed E-state index contributed by atoms with van der Waals surface area (Å²) in [5, 5.41) is 0.802. The molecule has 1 fully saturated rings. The summed E-state index contributed by atoms with van der Waals surface area (Å²) in [5.74, 6) is 0.0935. The highest BCUT2D eigenvalue weighted by Gasteiger charge is 2.22. The van der Waals surface area contributed by atoms with E-state index in [0.717, 1.165) is 54.4 Å². The lowest BCUT2D eigenvalue weighted by molar-refractivity contribution is 0.0628. The molecule has 2 N–H and O–H groups in total. The fourth-order valence-corrected chi connectivity index (χ4v) is 3.14. The van der Waals surface area contributed by atoms with Crippen LogP contribution in [-0.4, -0.2) is 41.9 Å². The van der Waals surface area contributed by atoms with Crippen molar-refractivity contribution >= 4 is 17.5 Å². The average Bonchev–Trinajstić information content (AvgIpc) is 2.64. The van der Waals surface area contributed by atoms with Gasteiger partial charge in [-0.2, -0.15) is 0 Å². The number of piperazine rings is 1. The van der Waals surface area contributed by atoms with Crippen LogP contribution in [0.4, 0.5) is 0 Å². The molecule has 0 bridgehead atoms. The van der Waals surface area contributed by atoms with E-state index >= 15 is 0 Å². The van der Waals surface area contributed by atoms with Gasteiger partial charge in [-0.3, -0.25) is 9.69 Å². The second-order valence-electron chi connectivity index (χ2n) is 6.06. The molecule has 3 rings (SSSR count). The predicted molar refractivity (Wildman–Crippen MR) is 97.0 cm³/mol. The summed E-state index contributed by atoms with van der Waals surface area (Å²) in [6, 6.07) is 15.5. The number of carbonyl (C=O) groups is 1. The second-order valence-corrected chi connectivity index (χ2v) is 6.47. The normalized spacial score (nSPS) is 15.5. The van der Waals surface area contributed by atoms with Crippen LogP contribution in [-0.2, 0) is 13.1 Å². The Morgan fingerprint density at radius 1 is 1.00 bits per heavy atom. The maximum absolute atomic E-state index is 12.6. The van der Waals surface area contributed by atoms with Crippen LogP contribution < -0.4 is 5.73 Å². The largest absolute Gasteiger partial charge is 0.336 e. The molecule has 1 aliphatic rings. The summed E-state index contributed by atoms with van der Waals surface area (Å²) >= 11 is 6.23. The van der Waals surface area contributed by atoms with Crippen LogP contribution >= 0.6 is 11.6 Å². The molecule has 0 saturated carbocycles. The zero-order valence-corrected chi connectivity index (χ0v) is 14.4. The number of rotatable bonds is 4. The van der Waals surface area contributed by atoms with E-state index in [9.17, 15) is 4.79 Å². The molecule has 0 atom stereocenters. The lowest BCUT2D eigenvalue weighted by Gasteiger charge is -2.35. The zero-order chi connectivity index (χ0) is 16.9. The first-order chi connectivity index (χ1) is 11.7. The molecule has 2 aromatic rings. The van der Waals surface area contributed by atoms with Crippen LogP contribution in [0.3, 0.4) is 0 Å². The molecule has 1 saturated heterocycles. The SMILES string of the molecule is NCc1ccc(C(=O)N2CCN(Cc3ccccc3Cl)CC2)cc1. The smallest absolute Gasteiger partial charge is 0.253 e. The topological polar surface area (TPSA) is 49.6 Å². The molecule has 2 aromatic carbocycles. The van der Waals surface area contributed by atoms with Crippen molar-refractivity contribution in [2.75, 3.05) is 26.2 Å². The molecule has 126 valence electrons. The number of nitrogens with two attached hydrogens (primary N) is 1. The Morgan fingerprint density at radius 3 is 2.29 bits per heavy atom. The molecule has 0 unspecified atom stereocenters. The predicted octanol–water partition coefficient (Wildman–Crippen LogP) is 2.76. The Bertz CT molecular complexity index is 694. The Morgan fingerprint density at radius 2 is 1.67 bits per heavy atom. The third-order valence-corrected chi connectivity index (χ3v) is 4.82. The molecule has 24 heavy (non-hydrogen) atoms. The lowest BCUT2D eigenvalue weighted by atomic mass is 10.1. The van der Waals surface area contributed by atoms with Crippen LogP contribution in [0.15, 0.2) is 48.5 Å². The third kappa shape index (κ3) is 3.96.